The van der Waals surface area contributed by atoms with Gasteiger partial charge in [0, 0.05) is 25.8 Å². The maximum absolute atomic E-state index is 5.34. The van der Waals surface area contributed by atoms with Crippen LogP contribution in [0.3, 0.4) is 0 Å². The van der Waals surface area contributed by atoms with Crippen LogP contribution in [0, 0.1) is 0 Å². The Morgan fingerprint density at radius 3 is 2.33 bits per heavy atom. The molecule has 0 aliphatic rings. The molecule has 2 rings (SSSR count). The van der Waals surface area contributed by atoms with E-state index in [-0.39, 0.29) is 6.29 Å². The SMILES string of the molecule is COc1cc2ccnc(NCC(OC)OC)c2cc1OC. The molecule has 6 nitrogen and oxygen atoms in total. The Morgan fingerprint density at radius 2 is 1.71 bits per heavy atom. The van der Waals surface area contributed by atoms with Crippen molar-refractivity contribution in [3.8, 4) is 11.5 Å². The Hall–Kier alpha value is -2.05. The Labute approximate surface area is 124 Å². The lowest BCUT2D eigenvalue weighted by Crippen LogP contribution is -2.24. The van der Waals surface area contributed by atoms with E-state index in [0.717, 1.165) is 16.6 Å². The molecule has 21 heavy (non-hydrogen) atoms. The summed E-state index contributed by atoms with van der Waals surface area (Å²) in [5.74, 6) is 2.09. The third-order valence-corrected chi connectivity index (χ3v) is 3.23. The van der Waals surface area contributed by atoms with E-state index in [4.69, 9.17) is 18.9 Å². The standard InChI is InChI=1S/C15H20N2O4/c1-18-12-7-10-5-6-16-15(11(10)8-13(12)19-2)17-9-14(20-3)21-4/h5-8,14H,9H2,1-4H3,(H,16,17). The molecule has 114 valence electrons. The molecule has 0 aliphatic carbocycles. The Morgan fingerprint density at radius 1 is 1.05 bits per heavy atom. The van der Waals surface area contributed by atoms with Gasteiger partial charge in [0.05, 0.1) is 20.8 Å². The average Bonchev–Trinajstić information content (AvgIpc) is 2.54. The number of benzene rings is 1. The summed E-state index contributed by atoms with van der Waals surface area (Å²) in [5.41, 5.74) is 0. The van der Waals surface area contributed by atoms with Crippen LogP contribution in [0.4, 0.5) is 5.82 Å². The predicted octanol–water partition coefficient (Wildman–Crippen LogP) is 2.28. The molecule has 0 spiro atoms. The van der Waals surface area contributed by atoms with E-state index in [1.54, 1.807) is 34.6 Å². The van der Waals surface area contributed by atoms with Gasteiger partial charge in [-0.3, -0.25) is 0 Å². The first kappa shape index (κ1) is 15.3. The maximum atomic E-state index is 5.34. The molecular formula is C15H20N2O4. The lowest BCUT2D eigenvalue weighted by atomic mass is 10.1. The first-order valence-electron chi connectivity index (χ1n) is 6.53. The van der Waals surface area contributed by atoms with Gasteiger partial charge in [-0.05, 0) is 23.6 Å². The number of pyridine rings is 1. The Bertz CT molecular complexity index is 599. The number of nitrogens with zero attached hydrogens (tertiary/aromatic N) is 1. The number of fused-ring (bicyclic) bond motifs is 1. The van der Waals surface area contributed by atoms with Crippen LogP contribution < -0.4 is 14.8 Å². The minimum Gasteiger partial charge on any atom is -0.493 e. The van der Waals surface area contributed by atoms with Crippen molar-refractivity contribution in [1.82, 2.24) is 4.98 Å². The maximum Gasteiger partial charge on any atom is 0.173 e. The summed E-state index contributed by atoms with van der Waals surface area (Å²) >= 11 is 0. The fraction of sp³-hybridized carbons (Fsp3) is 0.400. The van der Waals surface area contributed by atoms with E-state index in [0.29, 0.717) is 18.0 Å². The number of methoxy groups -OCH3 is 4. The van der Waals surface area contributed by atoms with E-state index in [9.17, 15) is 0 Å². The quantitative estimate of drug-likeness (QED) is 0.790. The monoisotopic (exact) mass is 292 g/mol. The fourth-order valence-electron chi connectivity index (χ4n) is 2.08. The molecule has 0 aliphatic heterocycles. The van der Waals surface area contributed by atoms with Gasteiger partial charge in [-0.15, -0.1) is 0 Å². The minimum atomic E-state index is -0.331. The highest BCUT2D eigenvalue weighted by atomic mass is 16.7. The second-order valence-corrected chi connectivity index (χ2v) is 4.37. The summed E-state index contributed by atoms with van der Waals surface area (Å²) in [4.78, 5) is 4.36. The minimum absolute atomic E-state index is 0.331. The molecule has 0 radical (unpaired) electrons. The number of aromatic nitrogens is 1. The fourth-order valence-corrected chi connectivity index (χ4v) is 2.08. The van der Waals surface area contributed by atoms with Crippen LogP contribution in [0.25, 0.3) is 10.8 Å². The highest BCUT2D eigenvalue weighted by Gasteiger charge is 2.11. The zero-order chi connectivity index (χ0) is 15.2. The van der Waals surface area contributed by atoms with Crippen LogP contribution in [0.1, 0.15) is 0 Å². The number of hydrogen-bond acceptors (Lipinski definition) is 6. The smallest absolute Gasteiger partial charge is 0.173 e. The van der Waals surface area contributed by atoms with Crippen LogP contribution >= 0.6 is 0 Å². The molecule has 0 saturated carbocycles. The third kappa shape index (κ3) is 3.34. The molecule has 1 N–H and O–H groups in total. The molecule has 0 atom stereocenters. The number of hydrogen-bond donors (Lipinski definition) is 1. The molecule has 1 aromatic carbocycles. The van der Waals surface area contributed by atoms with E-state index in [1.807, 2.05) is 18.2 Å². The van der Waals surface area contributed by atoms with E-state index in [1.165, 1.54) is 0 Å². The van der Waals surface area contributed by atoms with Crippen molar-refractivity contribution in [2.24, 2.45) is 0 Å². The molecule has 6 heteroatoms. The van der Waals surface area contributed by atoms with Gasteiger partial charge < -0.3 is 24.3 Å². The first-order chi connectivity index (χ1) is 10.2. The highest BCUT2D eigenvalue weighted by molar-refractivity contribution is 5.94. The highest BCUT2D eigenvalue weighted by Crippen LogP contribution is 2.34. The summed E-state index contributed by atoms with van der Waals surface area (Å²) in [6, 6.07) is 5.75. The number of rotatable bonds is 7. The van der Waals surface area contributed by atoms with Crippen LogP contribution in [-0.2, 0) is 9.47 Å². The molecule has 0 unspecified atom stereocenters. The Kier molecular flexibility index (Phi) is 5.19. The van der Waals surface area contributed by atoms with Crippen LogP contribution in [0.15, 0.2) is 24.4 Å². The van der Waals surface area contributed by atoms with Gasteiger partial charge in [-0.1, -0.05) is 0 Å². The van der Waals surface area contributed by atoms with Crippen molar-refractivity contribution in [1.29, 1.82) is 0 Å². The van der Waals surface area contributed by atoms with E-state index >= 15 is 0 Å². The molecule has 0 saturated heterocycles. The first-order valence-corrected chi connectivity index (χ1v) is 6.53. The second-order valence-electron chi connectivity index (χ2n) is 4.37. The summed E-state index contributed by atoms with van der Waals surface area (Å²) in [6.07, 6.45) is 1.41. The van der Waals surface area contributed by atoms with E-state index < -0.39 is 0 Å². The van der Waals surface area contributed by atoms with Crippen molar-refractivity contribution in [3.63, 3.8) is 0 Å². The zero-order valence-corrected chi connectivity index (χ0v) is 12.7. The molecular weight excluding hydrogens is 272 g/mol. The van der Waals surface area contributed by atoms with Gasteiger partial charge >= 0.3 is 0 Å². The van der Waals surface area contributed by atoms with Crippen molar-refractivity contribution < 1.29 is 18.9 Å². The molecule has 0 fully saturated rings. The molecule has 0 amide bonds. The van der Waals surface area contributed by atoms with Gasteiger partial charge in [0.25, 0.3) is 0 Å². The number of anilines is 1. The van der Waals surface area contributed by atoms with Crippen molar-refractivity contribution >= 4 is 16.6 Å². The summed E-state index contributed by atoms with van der Waals surface area (Å²) in [5, 5.41) is 5.18. The summed E-state index contributed by atoms with van der Waals surface area (Å²) < 4.78 is 21.0. The van der Waals surface area contributed by atoms with Crippen molar-refractivity contribution in [3.05, 3.63) is 24.4 Å². The molecule has 1 aromatic heterocycles. The van der Waals surface area contributed by atoms with Crippen LogP contribution in [0.5, 0.6) is 11.5 Å². The lowest BCUT2D eigenvalue weighted by Gasteiger charge is -2.16. The molecule has 1 heterocycles. The number of ether oxygens (including phenoxy) is 4. The Balaban J connectivity index is 2.35. The largest absolute Gasteiger partial charge is 0.493 e. The predicted molar refractivity (Wildman–Crippen MR) is 81.1 cm³/mol. The van der Waals surface area contributed by atoms with Crippen molar-refractivity contribution in [2.45, 2.75) is 6.29 Å². The second kappa shape index (κ2) is 7.10. The summed E-state index contributed by atoms with van der Waals surface area (Å²) in [6.45, 7) is 0.494. The third-order valence-electron chi connectivity index (χ3n) is 3.23. The van der Waals surface area contributed by atoms with E-state index in [2.05, 4.69) is 10.3 Å². The van der Waals surface area contributed by atoms with Gasteiger partial charge in [-0.25, -0.2) is 4.98 Å². The normalized spacial score (nSPS) is 10.9. The molecule has 0 bridgehead atoms. The molecule has 2 aromatic rings. The number of nitrogens with one attached hydrogen (secondary N) is 1. The lowest BCUT2D eigenvalue weighted by molar-refractivity contribution is -0.0914. The summed E-state index contributed by atoms with van der Waals surface area (Å²) in [7, 11) is 6.42. The van der Waals surface area contributed by atoms with Gasteiger partial charge in [0.2, 0.25) is 0 Å². The van der Waals surface area contributed by atoms with Crippen LogP contribution in [0.2, 0.25) is 0 Å². The average molecular weight is 292 g/mol. The van der Waals surface area contributed by atoms with Crippen molar-refractivity contribution in [2.75, 3.05) is 40.3 Å². The zero-order valence-electron chi connectivity index (χ0n) is 12.7. The topological polar surface area (TPSA) is 61.8 Å². The van der Waals surface area contributed by atoms with Gasteiger partial charge in [0.1, 0.15) is 5.82 Å². The van der Waals surface area contributed by atoms with Gasteiger partial charge in [0.15, 0.2) is 17.8 Å². The van der Waals surface area contributed by atoms with Gasteiger partial charge in [-0.2, -0.15) is 0 Å². The van der Waals surface area contributed by atoms with Crippen LogP contribution in [-0.4, -0.2) is 46.3 Å².